The van der Waals surface area contributed by atoms with E-state index in [0.29, 0.717) is 6.04 Å². The van der Waals surface area contributed by atoms with Gasteiger partial charge in [0.15, 0.2) is 5.65 Å². The molecule has 1 saturated heterocycles. The van der Waals surface area contributed by atoms with Crippen LogP contribution in [0.1, 0.15) is 35.8 Å². The lowest BCUT2D eigenvalue weighted by Crippen LogP contribution is -2.24. The molecule has 0 amide bonds. The maximum absolute atomic E-state index is 4.61. The van der Waals surface area contributed by atoms with E-state index in [-0.39, 0.29) is 0 Å². The summed E-state index contributed by atoms with van der Waals surface area (Å²) in [5.41, 5.74) is 4.49. The number of nitrogens with zero attached hydrogens (tertiary/aromatic N) is 7. The highest BCUT2D eigenvalue weighted by Gasteiger charge is 2.33. The molecule has 4 heterocycles. The van der Waals surface area contributed by atoms with E-state index in [1.165, 1.54) is 11.3 Å². The van der Waals surface area contributed by atoms with Gasteiger partial charge in [0.2, 0.25) is 0 Å². The summed E-state index contributed by atoms with van der Waals surface area (Å²) in [5.74, 6) is 0.949. The molecule has 4 rings (SSSR count). The zero-order chi connectivity index (χ0) is 17.0. The van der Waals surface area contributed by atoms with Crippen LogP contribution in [0.5, 0.6) is 0 Å². The van der Waals surface area contributed by atoms with Crippen molar-refractivity contribution in [1.29, 1.82) is 0 Å². The van der Waals surface area contributed by atoms with E-state index in [0.717, 1.165) is 46.5 Å². The van der Waals surface area contributed by atoms with Gasteiger partial charge in [-0.1, -0.05) is 0 Å². The molecule has 126 valence electrons. The molecule has 8 heteroatoms. The van der Waals surface area contributed by atoms with Crippen LogP contribution < -0.4 is 4.90 Å². The number of anilines is 1. The number of hydrogen-bond donors (Lipinski definition) is 0. The number of fused-ring (bicyclic) bond motifs is 1. The fourth-order valence-corrected chi connectivity index (χ4v) is 4.43. The molecule has 0 N–H and O–H groups in total. The van der Waals surface area contributed by atoms with Crippen LogP contribution in [0.3, 0.4) is 0 Å². The molecule has 1 atom stereocenters. The molecule has 0 spiro atoms. The Morgan fingerprint density at radius 1 is 1.12 bits per heavy atom. The normalized spacial score (nSPS) is 18.0. The molecule has 1 fully saturated rings. The van der Waals surface area contributed by atoms with Gasteiger partial charge in [-0.15, -0.1) is 0 Å². The number of halogens is 1. The number of aryl methyl sites for hydroxylation is 3. The van der Waals surface area contributed by atoms with Crippen molar-refractivity contribution in [3.8, 4) is 0 Å². The van der Waals surface area contributed by atoms with Crippen molar-refractivity contribution in [3.05, 3.63) is 27.9 Å². The predicted octanol–water partition coefficient (Wildman–Crippen LogP) is 2.82. The van der Waals surface area contributed by atoms with Crippen LogP contribution in [0, 0.1) is 13.8 Å². The molecule has 0 radical (unpaired) electrons. The van der Waals surface area contributed by atoms with E-state index in [4.69, 9.17) is 0 Å². The molecule has 1 aliphatic heterocycles. The summed E-state index contributed by atoms with van der Waals surface area (Å²) in [6, 6.07) is 0.295. The highest BCUT2D eigenvalue weighted by Crippen LogP contribution is 2.41. The van der Waals surface area contributed by atoms with E-state index in [2.05, 4.69) is 54.8 Å². The topological polar surface area (TPSA) is 64.7 Å². The highest BCUT2D eigenvalue weighted by molar-refractivity contribution is 9.10. The van der Waals surface area contributed by atoms with Gasteiger partial charge in [0, 0.05) is 31.9 Å². The second kappa shape index (κ2) is 5.54. The summed E-state index contributed by atoms with van der Waals surface area (Å²) < 4.78 is 4.55. The summed E-state index contributed by atoms with van der Waals surface area (Å²) in [6.45, 7) is 5.21. The Bertz CT molecular complexity index is 926. The van der Waals surface area contributed by atoms with Gasteiger partial charge in [-0.2, -0.15) is 10.2 Å². The quantitative estimate of drug-likeness (QED) is 0.673. The van der Waals surface area contributed by atoms with Gasteiger partial charge in [-0.05, 0) is 42.6 Å². The van der Waals surface area contributed by atoms with Crippen molar-refractivity contribution in [3.63, 3.8) is 0 Å². The second-order valence-electron chi connectivity index (χ2n) is 6.37. The Labute approximate surface area is 148 Å². The fourth-order valence-electron chi connectivity index (χ4n) is 3.84. The van der Waals surface area contributed by atoms with Crippen molar-refractivity contribution in [2.75, 3.05) is 11.4 Å². The summed E-state index contributed by atoms with van der Waals surface area (Å²) in [4.78, 5) is 11.4. The largest absolute Gasteiger partial charge is 0.349 e. The Hall–Kier alpha value is -1.96. The molecular formula is C16H20BrN7. The lowest BCUT2D eigenvalue weighted by molar-refractivity contribution is 0.694. The molecule has 3 aromatic heterocycles. The molecule has 3 aromatic rings. The Kier molecular flexibility index (Phi) is 3.59. The first-order chi connectivity index (χ1) is 11.5. The van der Waals surface area contributed by atoms with Crippen LogP contribution in [-0.4, -0.2) is 36.1 Å². The molecule has 0 bridgehead atoms. The first-order valence-electron chi connectivity index (χ1n) is 8.09. The van der Waals surface area contributed by atoms with Crippen molar-refractivity contribution < 1.29 is 0 Å². The molecule has 1 aliphatic rings. The Morgan fingerprint density at radius 3 is 2.62 bits per heavy atom. The van der Waals surface area contributed by atoms with E-state index in [1.54, 1.807) is 11.0 Å². The minimum absolute atomic E-state index is 0.295. The number of hydrogen-bond acceptors (Lipinski definition) is 5. The maximum atomic E-state index is 4.61. The number of rotatable bonds is 2. The first-order valence-corrected chi connectivity index (χ1v) is 8.88. The molecule has 0 aromatic carbocycles. The maximum Gasteiger partial charge on any atom is 0.164 e. The molecule has 0 saturated carbocycles. The number of aromatic nitrogens is 6. The average molecular weight is 390 g/mol. The summed E-state index contributed by atoms with van der Waals surface area (Å²) in [6.07, 6.45) is 3.88. The van der Waals surface area contributed by atoms with Crippen LogP contribution >= 0.6 is 15.9 Å². The molecular weight excluding hydrogens is 370 g/mol. The monoisotopic (exact) mass is 389 g/mol. The SMILES string of the molecule is Cc1nn(C)c(C)c1C1CCCN1c1ncnc2c1c(Br)nn2C. The second-order valence-corrected chi connectivity index (χ2v) is 7.12. The lowest BCUT2D eigenvalue weighted by Gasteiger charge is -2.26. The van der Waals surface area contributed by atoms with Gasteiger partial charge in [0.1, 0.15) is 16.7 Å². The average Bonchev–Trinajstić information content (AvgIpc) is 3.19. The first kappa shape index (κ1) is 15.6. The minimum Gasteiger partial charge on any atom is -0.349 e. The zero-order valence-corrected chi connectivity index (χ0v) is 15.9. The van der Waals surface area contributed by atoms with Crippen molar-refractivity contribution in [2.24, 2.45) is 14.1 Å². The van der Waals surface area contributed by atoms with E-state index >= 15 is 0 Å². The summed E-state index contributed by atoms with van der Waals surface area (Å²) >= 11 is 3.57. The predicted molar refractivity (Wildman–Crippen MR) is 96.0 cm³/mol. The smallest absolute Gasteiger partial charge is 0.164 e. The van der Waals surface area contributed by atoms with Crippen LogP contribution in [0.25, 0.3) is 11.0 Å². The van der Waals surface area contributed by atoms with Crippen LogP contribution in [-0.2, 0) is 14.1 Å². The van der Waals surface area contributed by atoms with Gasteiger partial charge in [0.05, 0.1) is 17.1 Å². The van der Waals surface area contributed by atoms with Gasteiger partial charge >= 0.3 is 0 Å². The van der Waals surface area contributed by atoms with Crippen molar-refractivity contribution >= 4 is 32.8 Å². The standard InChI is InChI=1S/C16H20BrN7/c1-9-12(10(2)22(3)20-9)11-6-5-7-24(11)16-13-14(17)21-23(4)15(13)18-8-19-16/h8,11H,5-7H2,1-4H3. The van der Waals surface area contributed by atoms with Crippen molar-refractivity contribution in [1.82, 2.24) is 29.5 Å². The van der Waals surface area contributed by atoms with E-state index < -0.39 is 0 Å². The Morgan fingerprint density at radius 2 is 1.92 bits per heavy atom. The third kappa shape index (κ3) is 2.16. The fraction of sp³-hybridized carbons (Fsp3) is 0.500. The third-order valence-corrected chi connectivity index (χ3v) is 5.54. The summed E-state index contributed by atoms with van der Waals surface area (Å²) in [5, 5.41) is 10.0. The Balaban J connectivity index is 1.87. The zero-order valence-electron chi connectivity index (χ0n) is 14.3. The van der Waals surface area contributed by atoms with E-state index in [1.807, 2.05) is 18.8 Å². The molecule has 7 nitrogen and oxygen atoms in total. The van der Waals surface area contributed by atoms with Crippen molar-refractivity contribution in [2.45, 2.75) is 32.7 Å². The van der Waals surface area contributed by atoms with E-state index in [9.17, 15) is 0 Å². The van der Waals surface area contributed by atoms with Gasteiger partial charge in [-0.3, -0.25) is 4.68 Å². The molecule has 24 heavy (non-hydrogen) atoms. The van der Waals surface area contributed by atoms with Crippen LogP contribution in [0.4, 0.5) is 5.82 Å². The lowest BCUT2D eigenvalue weighted by atomic mass is 10.0. The third-order valence-electron chi connectivity index (χ3n) is 4.98. The van der Waals surface area contributed by atoms with Gasteiger partial charge in [0.25, 0.3) is 0 Å². The van der Waals surface area contributed by atoms with Crippen LogP contribution in [0.2, 0.25) is 0 Å². The molecule has 1 unspecified atom stereocenters. The minimum atomic E-state index is 0.295. The van der Waals surface area contributed by atoms with Gasteiger partial charge in [-0.25, -0.2) is 14.6 Å². The molecule has 0 aliphatic carbocycles. The van der Waals surface area contributed by atoms with Crippen LogP contribution in [0.15, 0.2) is 10.9 Å². The van der Waals surface area contributed by atoms with Gasteiger partial charge < -0.3 is 4.90 Å². The highest BCUT2D eigenvalue weighted by atomic mass is 79.9. The summed E-state index contributed by atoms with van der Waals surface area (Å²) in [7, 11) is 3.91.